The summed E-state index contributed by atoms with van der Waals surface area (Å²) in [5.74, 6) is 0.681. The number of esters is 2. The van der Waals surface area contributed by atoms with Crippen LogP contribution in [-0.4, -0.2) is 49.5 Å². The van der Waals surface area contributed by atoms with E-state index < -0.39 is 26.4 Å². The lowest BCUT2D eigenvalue weighted by Crippen LogP contribution is -2.43. The van der Waals surface area contributed by atoms with Crippen LogP contribution in [0, 0.1) is 0 Å². The van der Waals surface area contributed by atoms with E-state index in [0.29, 0.717) is 35.2 Å². The van der Waals surface area contributed by atoms with Gasteiger partial charge in [-0.05, 0) is 62.2 Å². The van der Waals surface area contributed by atoms with E-state index in [9.17, 15) is 9.59 Å². The molecule has 1 aromatic carbocycles. The Morgan fingerprint density at radius 3 is 2.61 bits per heavy atom. The number of aromatic nitrogens is 2. The highest BCUT2D eigenvalue weighted by molar-refractivity contribution is 6.74. The lowest BCUT2D eigenvalue weighted by atomic mass is 10.1. The van der Waals surface area contributed by atoms with Gasteiger partial charge in [0.15, 0.2) is 5.82 Å². The quantitative estimate of drug-likeness (QED) is 0.274. The second kappa shape index (κ2) is 12.7. The average Bonchev–Trinajstić information content (AvgIpc) is 3.37. The number of carbonyl (C=O) groups is 2. The molecule has 2 atom stereocenters. The van der Waals surface area contributed by atoms with Crippen molar-refractivity contribution in [1.82, 2.24) is 9.97 Å². The zero-order chi connectivity index (χ0) is 27.9. The molecule has 1 fully saturated rings. The summed E-state index contributed by atoms with van der Waals surface area (Å²) in [6.07, 6.45) is 2.47. The molecule has 0 aliphatic carbocycles. The Kier molecular flexibility index (Phi) is 9.89. The molecule has 2 heterocycles. The van der Waals surface area contributed by atoms with E-state index in [1.165, 1.54) is 6.92 Å². The Bertz CT molecular complexity index is 1110. The first-order valence-corrected chi connectivity index (χ1v) is 16.0. The van der Waals surface area contributed by atoms with Crippen LogP contribution in [0.25, 0.3) is 0 Å². The fourth-order valence-corrected chi connectivity index (χ4v) is 4.78. The number of hydrogen-bond donors (Lipinski definition) is 0. The molecule has 10 heteroatoms. The van der Waals surface area contributed by atoms with Crippen molar-refractivity contribution in [2.45, 2.75) is 90.8 Å². The molecule has 208 valence electrons. The van der Waals surface area contributed by atoms with Gasteiger partial charge in [-0.1, -0.05) is 20.8 Å². The molecule has 9 nitrogen and oxygen atoms in total. The third kappa shape index (κ3) is 8.01. The summed E-state index contributed by atoms with van der Waals surface area (Å²) in [6.45, 7) is 14.9. The summed E-state index contributed by atoms with van der Waals surface area (Å²) in [7, 11) is -2.12. The predicted molar refractivity (Wildman–Crippen MR) is 144 cm³/mol. The Labute approximate surface area is 226 Å². The number of benzene rings is 1. The molecular formula is C28H40N2O7Si. The van der Waals surface area contributed by atoms with Gasteiger partial charge in [0.2, 0.25) is 14.4 Å². The molecule has 1 saturated heterocycles. The van der Waals surface area contributed by atoms with Gasteiger partial charge in [0.05, 0.1) is 12.3 Å². The molecule has 0 bridgehead atoms. The van der Waals surface area contributed by atoms with E-state index >= 15 is 0 Å². The van der Waals surface area contributed by atoms with Crippen molar-refractivity contribution in [2.24, 2.45) is 0 Å². The lowest BCUT2D eigenvalue weighted by molar-refractivity contribution is -0.166. The largest absolute Gasteiger partial charge is 0.543 e. The van der Waals surface area contributed by atoms with Gasteiger partial charge in [0, 0.05) is 31.7 Å². The van der Waals surface area contributed by atoms with Gasteiger partial charge in [0.1, 0.15) is 24.2 Å². The summed E-state index contributed by atoms with van der Waals surface area (Å²) in [4.78, 5) is 33.3. The zero-order valence-electron chi connectivity index (χ0n) is 23.5. The Morgan fingerprint density at radius 2 is 1.97 bits per heavy atom. The molecule has 1 aliphatic heterocycles. The van der Waals surface area contributed by atoms with Crippen molar-refractivity contribution in [3.05, 3.63) is 47.5 Å². The van der Waals surface area contributed by atoms with E-state index in [4.69, 9.17) is 23.4 Å². The van der Waals surface area contributed by atoms with Gasteiger partial charge in [-0.15, -0.1) is 0 Å². The first kappa shape index (κ1) is 29.6. The van der Waals surface area contributed by atoms with E-state index in [0.717, 1.165) is 12.8 Å². The van der Waals surface area contributed by atoms with Crippen molar-refractivity contribution in [3.8, 4) is 11.5 Å². The molecule has 1 aromatic heterocycles. The molecule has 3 rings (SSSR count). The van der Waals surface area contributed by atoms with E-state index in [1.54, 1.807) is 19.2 Å². The minimum Gasteiger partial charge on any atom is -0.543 e. The van der Waals surface area contributed by atoms with E-state index in [-0.39, 0.29) is 30.8 Å². The van der Waals surface area contributed by atoms with Gasteiger partial charge >= 0.3 is 11.9 Å². The fourth-order valence-electron chi connectivity index (χ4n) is 3.76. The second-order valence-electron chi connectivity index (χ2n) is 10.9. The molecule has 0 N–H and O–H groups in total. The maximum absolute atomic E-state index is 12.6. The predicted octanol–water partition coefficient (Wildman–Crippen LogP) is 5.33. The molecular weight excluding hydrogens is 504 g/mol. The van der Waals surface area contributed by atoms with E-state index in [1.807, 2.05) is 18.2 Å². The number of nitrogens with zero attached hydrogens (tertiary/aromatic N) is 2. The fraction of sp³-hybridized carbons (Fsp3) is 0.571. The Balaban J connectivity index is 1.88. The van der Waals surface area contributed by atoms with Crippen molar-refractivity contribution in [1.29, 1.82) is 0 Å². The van der Waals surface area contributed by atoms with Crippen LogP contribution in [0.1, 0.15) is 70.6 Å². The van der Waals surface area contributed by atoms with Crippen molar-refractivity contribution < 1.29 is 33.0 Å². The van der Waals surface area contributed by atoms with Crippen LogP contribution in [0.4, 0.5) is 0 Å². The Morgan fingerprint density at radius 1 is 1.21 bits per heavy atom. The van der Waals surface area contributed by atoms with Crippen LogP contribution in [0.15, 0.2) is 30.5 Å². The molecule has 38 heavy (non-hydrogen) atoms. The number of carbonyl (C=O) groups excluding carboxylic acids is 2. The number of hydrogen-bond acceptors (Lipinski definition) is 9. The average molecular weight is 545 g/mol. The molecule has 0 saturated carbocycles. The normalized spacial score (nSPS) is 16.6. The highest BCUT2D eigenvalue weighted by Gasteiger charge is 2.39. The standard InChI is InChI=1S/C28H40N2O7Si/c1-8-33-27(32)25(36-19(2)31)17-20-16-22(37-38(6,7)28(3,4)5)11-12-23(20)35-18-21-13-14-29-26(30-21)24-10-9-15-34-24/h11-14,16,24-25H,8-10,15,17-18H2,1-7H3/t24-,25?/m0/s1. The highest BCUT2D eigenvalue weighted by Crippen LogP contribution is 2.38. The Hall–Kier alpha value is -2.98. The first-order chi connectivity index (χ1) is 17.9. The van der Waals surface area contributed by atoms with Crippen molar-refractivity contribution >= 4 is 20.3 Å². The van der Waals surface area contributed by atoms with Crippen molar-refractivity contribution in [3.63, 3.8) is 0 Å². The third-order valence-electron chi connectivity index (χ3n) is 6.80. The van der Waals surface area contributed by atoms with Crippen LogP contribution in [0.2, 0.25) is 18.1 Å². The van der Waals surface area contributed by atoms with Gasteiger partial charge in [-0.25, -0.2) is 14.8 Å². The van der Waals surface area contributed by atoms with Crippen LogP contribution in [0.5, 0.6) is 11.5 Å². The lowest BCUT2D eigenvalue weighted by Gasteiger charge is -2.36. The molecule has 1 unspecified atom stereocenters. The summed E-state index contributed by atoms with van der Waals surface area (Å²) in [6, 6.07) is 7.33. The zero-order valence-corrected chi connectivity index (χ0v) is 24.5. The maximum atomic E-state index is 12.6. The number of ether oxygens (including phenoxy) is 4. The highest BCUT2D eigenvalue weighted by atomic mass is 28.4. The topological polar surface area (TPSA) is 106 Å². The summed E-state index contributed by atoms with van der Waals surface area (Å²) < 4.78 is 28.8. The van der Waals surface area contributed by atoms with Crippen LogP contribution >= 0.6 is 0 Å². The molecule has 0 amide bonds. The van der Waals surface area contributed by atoms with Gasteiger partial charge < -0.3 is 23.4 Å². The SMILES string of the molecule is CCOC(=O)C(Cc1cc(O[Si](C)(C)C(C)(C)C)ccc1OCc1ccnc([C@@H]2CCCO2)n1)OC(C)=O. The van der Waals surface area contributed by atoms with E-state index in [2.05, 4.69) is 43.8 Å². The van der Waals surface area contributed by atoms with Crippen LogP contribution in [0.3, 0.4) is 0 Å². The first-order valence-electron chi connectivity index (χ1n) is 13.1. The second-order valence-corrected chi connectivity index (χ2v) is 15.6. The van der Waals surface area contributed by atoms with Crippen molar-refractivity contribution in [2.75, 3.05) is 13.2 Å². The molecule has 0 spiro atoms. The van der Waals surface area contributed by atoms with Gasteiger partial charge in [-0.3, -0.25) is 4.79 Å². The minimum absolute atomic E-state index is 0.00129. The summed E-state index contributed by atoms with van der Waals surface area (Å²) in [5.41, 5.74) is 1.37. The van der Waals surface area contributed by atoms with Crippen LogP contribution < -0.4 is 9.16 Å². The summed E-state index contributed by atoms with van der Waals surface area (Å²) in [5, 5.41) is 0.00129. The number of rotatable bonds is 11. The minimum atomic E-state index is -2.12. The molecule has 0 radical (unpaired) electrons. The maximum Gasteiger partial charge on any atom is 0.347 e. The summed E-state index contributed by atoms with van der Waals surface area (Å²) >= 11 is 0. The van der Waals surface area contributed by atoms with Gasteiger partial charge in [0.25, 0.3) is 0 Å². The van der Waals surface area contributed by atoms with Gasteiger partial charge in [-0.2, -0.15) is 0 Å². The smallest absolute Gasteiger partial charge is 0.347 e. The molecule has 2 aromatic rings. The third-order valence-corrected chi connectivity index (χ3v) is 11.2. The monoisotopic (exact) mass is 544 g/mol. The molecule has 1 aliphatic rings. The van der Waals surface area contributed by atoms with Crippen LogP contribution in [-0.2, 0) is 36.8 Å².